The predicted molar refractivity (Wildman–Crippen MR) is 58.0 cm³/mol. The van der Waals surface area contributed by atoms with E-state index in [4.69, 9.17) is 12.2 Å². The Balaban J connectivity index is 2.31. The van der Waals surface area contributed by atoms with Gasteiger partial charge in [0.15, 0.2) is 0 Å². The van der Waals surface area contributed by atoms with E-state index in [0.29, 0.717) is 10.7 Å². The molecule has 1 saturated carbocycles. The molecule has 14 heavy (non-hydrogen) atoms. The molecule has 0 aromatic carbocycles. The quantitative estimate of drug-likeness (QED) is 0.723. The number of aromatic nitrogens is 2. The van der Waals surface area contributed by atoms with Gasteiger partial charge in [-0.2, -0.15) is 0 Å². The van der Waals surface area contributed by atoms with Gasteiger partial charge in [0.1, 0.15) is 4.64 Å². The third-order valence-corrected chi connectivity index (χ3v) is 3.06. The van der Waals surface area contributed by atoms with Crippen molar-refractivity contribution in [2.75, 3.05) is 0 Å². The van der Waals surface area contributed by atoms with Gasteiger partial charge in [0.2, 0.25) is 0 Å². The Morgan fingerprint density at radius 1 is 1.36 bits per heavy atom. The first-order chi connectivity index (χ1) is 6.77. The van der Waals surface area contributed by atoms with Crippen LogP contribution in [-0.4, -0.2) is 9.55 Å². The minimum absolute atomic E-state index is 0.0654. The molecule has 1 aromatic heterocycles. The number of aromatic amines is 1. The number of hydrogen-bond donors (Lipinski definition) is 1. The average Bonchev–Trinajstić information content (AvgIpc) is 2.19. The van der Waals surface area contributed by atoms with E-state index in [-0.39, 0.29) is 5.69 Å². The molecule has 1 fully saturated rings. The van der Waals surface area contributed by atoms with Crippen LogP contribution in [0.3, 0.4) is 0 Å². The maximum atomic E-state index is 11.6. The van der Waals surface area contributed by atoms with Crippen molar-refractivity contribution in [3.8, 4) is 0 Å². The molecule has 1 aliphatic carbocycles. The van der Waals surface area contributed by atoms with E-state index in [9.17, 15) is 4.79 Å². The van der Waals surface area contributed by atoms with Crippen LogP contribution in [0.2, 0.25) is 0 Å². The maximum absolute atomic E-state index is 11.6. The number of H-pyrrole nitrogens is 1. The molecule has 4 heteroatoms. The normalized spacial score (nSPS) is 18.3. The van der Waals surface area contributed by atoms with Crippen LogP contribution in [0, 0.1) is 4.64 Å². The Labute approximate surface area is 87.8 Å². The fraction of sp³-hybridized carbons (Fsp3) is 0.600. The van der Waals surface area contributed by atoms with Crippen molar-refractivity contribution in [3.63, 3.8) is 0 Å². The third kappa shape index (κ3) is 1.95. The minimum atomic E-state index is -0.0654. The lowest BCUT2D eigenvalue weighted by atomic mass is 9.95. The summed E-state index contributed by atoms with van der Waals surface area (Å²) in [4.78, 5) is 14.2. The molecule has 0 radical (unpaired) electrons. The second-order valence-electron chi connectivity index (χ2n) is 3.81. The molecule has 1 N–H and O–H groups in total. The second kappa shape index (κ2) is 4.09. The van der Waals surface area contributed by atoms with Crippen LogP contribution in [0.1, 0.15) is 38.1 Å². The summed E-state index contributed by atoms with van der Waals surface area (Å²) >= 11 is 4.89. The van der Waals surface area contributed by atoms with Crippen molar-refractivity contribution in [2.24, 2.45) is 0 Å². The molecule has 0 aliphatic heterocycles. The summed E-state index contributed by atoms with van der Waals surface area (Å²) in [5.41, 5.74) is -0.0654. The van der Waals surface area contributed by atoms with E-state index in [1.54, 1.807) is 10.6 Å². The summed E-state index contributed by atoms with van der Waals surface area (Å²) in [7, 11) is 0. The van der Waals surface area contributed by atoms with E-state index in [1.165, 1.54) is 19.3 Å². The summed E-state index contributed by atoms with van der Waals surface area (Å²) in [6, 6.07) is 2.16. The maximum Gasteiger partial charge on any atom is 0.326 e. The van der Waals surface area contributed by atoms with Crippen LogP contribution in [0.15, 0.2) is 17.1 Å². The molecule has 0 bridgehead atoms. The SMILES string of the molecule is O=c1[nH]c(=S)ccn1C1CCCCC1. The second-order valence-corrected chi connectivity index (χ2v) is 4.25. The molecule has 0 unspecified atom stereocenters. The Kier molecular flexibility index (Phi) is 2.82. The molecule has 0 spiro atoms. The van der Waals surface area contributed by atoms with Gasteiger partial charge in [0.25, 0.3) is 0 Å². The van der Waals surface area contributed by atoms with Crippen LogP contribution in [0.25, 0.3) is 0 Å². The van der Waals surface area contributed by atoms with Crippen LogP contribution < -0.4 is 5.69 Å². The zero-order chi connectivity index (χ0) is 9.97. The summed E-state index contributed by atoms with van der Waals surface area (Å²) in [5, 5.41) is 0. The van der Waals surface area contributed by atoms with Gasteiger partial charge in [-0.25, -0.2) is 4.79 Å². The standard InChI is InChI=1S/C10H14N2OS/c13-10-11-9(14)6-7-12(10)8-4-2-1-3-5-8/h6-8H,1-5H2,(H,11,13,14). The molecular formula is C10H14N2OS. The van der Waals surface area contributed by atoms with Gasteiger partial charge in [-0.05, 0) is 18.9 Å². The molecule has 3 nitrogen and oxygen atoms in total. The highest BCUT2D eigenvalue weighted by Crippen LogP contribution is 2.26. The van der Waals surface area contributed by atoms with Gasteiger partial charge in [0, 0.05) is 12.2 Å². The number of hydrogen-bond acceptors (Lipinski definition) is 2. The van der Waals surface area contributed by atoms with Crippen molar-refractivity contribution < 1.29 is 0 Å². The van der Waals surface area contributed by atoms with E-state index in [0.717, 1.165) is 12.8 Å². The van der Waals surface area contributed by atoms with E-state index >= 15 is 0 Å². The summed E-state index contributed by atoms with van der Waals surface area (Å²) in [5.74, 6) is 0. The van der Waals surface area contributed by atoms with Gasteiger partial charge >= 0.3 is 5.69 Å². The summed E-state index contributed by atoms with van der Waals surface area (Å²) < 4.78 is 2.30. The van der Waals surface area contributed by atoms with Crippen LogP contribution in [0.5, 0.6) is 0 Å². The third-order valence-electron chi connectivity index (χ3n) is 2.82. The smallest absolute Gasteiger partial charge is 0.298 e. The first-order valence-electron chi connectivity index (χ1n) is 5.09. The number of nitrogens with one attached hydrogen (secondary N) is 1. The topological polar surface area (TPSA) is 37.8 Å². The lowest BCUT2D eigenvalue weighted by Gasteiger charge is -2.23. The van der Waals surface area contributed by atoms with Crippen molar-refractivity contribution in [2.45, 2.75) is 38.1 Å². The lowest BCUT2D eigenvalue weighted by Crippen LogP contribution is -2.27. The Morgan fingerprint density at radius 3 is 2.71 bits per heavy atom. The first kappa shape index (κ1) is 9.65. The van der Waals surface area contributed by atoms with Crippen LogP contribution in [-0.2, 0) is 0 Å². The first-order valence-corrected chi connectivity index (χ1v) is 5.50. The fourth-order valence-corrected chi connectivity index (χ4v) is 2.22. The Hall–Kier alpha value is -0.900. The zero-order valence-electron chi connectivity index (χ0n) is 8.03. The molecule has 0 amide bonds. The molecule has 1 aliphatic rings. The van der Waals surface area contributed by atoms with E-state index in [2.05, 4.69) is 4.98 Å². The fourth-order valence-electron chi connectivity index (χ4n) is 2.07. The lowest BCUT2D eigenvalue weighted by molar-refractivity contribution is 0.342. The minimum Gasteiger partial charge on any atom is -0.298 e. The van der Waals surface area contributed by atoms with Crippen molar-refractivity contribution >= 4 is 12.2 Å². The largest absolute Gasteiger partial charge is 0.326 e. The monoisotopic (exact) mass is 210 g/mol. The van der Waals surface area contributed by atoms with Crippen molar-refractivity contribution in [3.05, 3.63) is 27.4 Å². The molecule has 1 heterocycles. The highest BCUT2D eigenvalue weighted by atomic mass is 32.1. The summed E-state index contributed by atoms with van der Waals surface area (Å²) in [6.07, 6.45) is 7.81. The molecule has 2 rings (SSSR count). The van der Waals surface area contributed by atoms with Gasteiger partial charge in [0.05, 0.1) is 0 Å². The summed E-state index contributed by atoms with van der Waals surface area (Å²) in [6.45, 7) is 0. The van der Waals surface area contributed by atoms with E-state index in [1.807, 2.05) is 6.20 Å². The Morgan fingerprint density at radius 2 is 2.07 bits per heavy atom. The Bertz CT molecular complexity index is 415. The van der Waals surface area contributed by atoms with Gasteiger partial charge in [-0.3, -0.25) is 9.55 Å². The molecular weight excluding hydrogens is 196 g/mol. The molecule has 0 saturated heterocycles. The molecule has 76 valence electrons. The van der Waals surface area contributed by atoms with Gasteiger partial charge in [-0.1, -0.05) is 31.5 Å². The highest BCUT2D eigenvalue weighted by Gasteiger charge is 2.15. The van der Waals surface area contributed by atoms with Gasteiger partial charge in [-0.15, -0.1) is 0 Å². The molecule has 1 aromatic rings. The van der Waals surface area contributed by atoms with Crippen LogP contribution >= 0.6 is 12.2 Å². The molecule has 0 atom stereocenters. The van der Waals surface area contributed by atoms with Crippen molar-refractivity contribution in [1.29, 1.82) is 0 Å². The number of rotatable bonds is 1. The zero-order valence-corrected chi connectivity index (χ0v) is 8.85. The highest BCUT2D eigenvalue weighted by molar-refractivity contribution is 7.71. The van der Waals surface area contributed by atoms with Gasteiger partial charge < -0.3 is 0 Å². The number of nitrogens with zero attached hydrogens (tertiary/aromatic N) is 1. The van der Waals surface area contributed by atoms with Crippen LogP contribution in [0.4, 0.5) is 0 Å². The van der Waals surface area contributed by atoms with E-state index < -0.39 is 0 Å². The predicted octanol–water partition coefficient (Wildman–Crippen LogP) is 2.41. The average molecular weight is 210 g/mol. The van der Waals surface area contributed by atoms with Crippen molar-refractivity contribution in [1.82, 2.24) is 9.55 Å².